The zero-order chi connectivity index (χ0) is 23.9. The Labute approximate surface area is 206 Å². The Kier molecular flexibility index (Phi) is 8.41. The molecule has 2 atom stereocenters. The molecular weight excluding hydrogens is 448 g/mol. The maximum absolute atomic E-state index is 12.1. The van der Waals surface area contributed by atoms with E-state index in [1.807, 2.05) is 36.5 Å². The largest absolute Gasteiger partial charge is 0.497 e. The summed E-state index contributed by atoms with van der Waals surface area (Å²) in [6.45, 7) is 2.56. The van der Waals surface area contributed by atoms with Crippen LogP contribution in [-0.2, 0) is 17.6 Å². The smallest absolute Gasteiger partial charge is 0.308 e. The number of hydrogen-bond acceptors (Lipinski definition) is 4. The summed E-state index contributed by atoms with van der Waals surface area (Å²) >= 11 is 5.96. The highest BCUT2D eigenvalue weighted by molar-refractivity contribution is 6.30. The van der Waals surface area contributed by atoms with Gasteiger partial charge in [0.1, 0.15) is 5.75 Å². The van der Waals surface area contributed by atoms with E-state index in [-0.39, 0.29) is 11.8 Å². The van der Waals surface area contributed by atoms with Gasteiger partial charge in [0.25, 0.3) is 0 Å². The van der Waals surface area contributed by atoms with Crippen LogP contribution in [0.5, 0.6) is 5.75 Å². The third kappa shape index (κ3) is 6.28. The van der Waals surface area contributed by atoms with Crippen LogP contribution >= 0.6 is 11.6 Å². The molecule has 0 bridgehead atoms. The lowest BCUT2D eigenvalue weighted by Crippen LogP contribution is -2.44. The summed E-state index contributed by atoms with van der Waals surface area (Å²) in [5, 5.41) is 11.8. The summed E-state index contributed by atoms with van der Waals surface area (Å²) < 4.78 is 5.38. The fourth-order valence-electron chi connectivity index (χ4n) is 5.14. The summed E-state index contributed by atoms with van der Waals surface area (Å²) in [5.41, 5.74) is 3.49. The van der Waals surface area contributed by atoms with Gasteiger partial charge in [0.2, 0.25) is 0 Å². The van der Waals surface area contributed by atoms with Gasteiger partial charge in [-0.3, -0.25) is 9.78 Å². The third-order valence-corrected chi connectivity index (χ3v) is 7.32. The van der Waals surface area contributed by atoms with E-state index in [1.54, 1.807) is 7.11 Å². The number of carbonyl (C=O) groups is 1. The number of nitrogens with zero attached hydrogens (tertiary/aromatic N) is 2. The average molecular weight is 481 g/mol. The first-order valence-electron chi connectivity index (χ1n) is 12.1. The highest BCUT2D eigenvalue weighted by atomic mass is 35.5. The fraction of sp³-hybridized carbons (Fsp3) is 0.429. The third-order valence-electron chi connectivity index (χ3n) is 7.07. The molecule has 0 spiro atoms. The number of aryl methyl sites for hydroxylation is 2. The highest BCUT2D eigenvalue weighted by Gasteiger charge is 2.33. The van der Waals surface area contributed by atoms with Crippen molar-refractivity contribution in [2.75, 3.05) is 26.7 Å². The molecule has 34 heavy (non-hydrogen) atoms. The van der Waals surface area contributed by atoms with Crippen LogP contribution in [0.1, 0.15) is 36.8 Å². The Bertz CT molecular complexity index is 1100. The van der Waals surface area contributed by atoms with Gasteiger partial charge in [-0.05, 0) is 105 Å². The molecule has 1 aliphatic rings. The van der Waals surface area contributed by atoms with Crippen LogP contribution in [0.3, 0.4) is 0 Å². The average Bonchev–Trinajstić information content (AvgIpc) is 2.85. The minimum atomic E-state index is -0.661. The Balaban J connectivity index is 1.29. The number of hydrogen-bond donors (Lipinski definition) is 1. The summed E-state index contributed by atoms with van der Waals surface area (Å²) in [6, 6.07) is 16.0. The first-order chi connectivity index (χ1) is 16.5. The lowest BCUT2D eigenvalue weighted by molar-refractivity contribution is -0.146. The van der Waals surface area contributed by atoms with Crippen molar-refractivity contribution in [3.8, 4) is 5.75 Å². The number of piperidine rings is 1. The molecule has 2 aromatic carbocycles. The van der Waals surface area contributed by atoms with Gasteiger partial charge in [0.15, 0.2) is 0 Å². The standard InChI is InChI=1S/C28H33ClN2O3/c1-34-24-11-12-27-25(18-24)21(13-15-30-27)5-2-6-22-14-17-31(19-26(22)28(32)33)16-3-4-20-7-9-23(29)10-8-20/h7-13,15,18,22,26H,2-6,14,16-17,19H2,1H3,(H,32,33)/t22-,26+/m1/s1. The minimum absolute atomic E-state index is 0.229. The van der Waals surface area contributed by atoms with Gasteiger partial charge < -0.3 is 14.7 Å². The second-order valence-corrected chi connectivity index (χ2v) is 9.71. The van der Waals surface area contributed by atoms with E-state index in [9.17, 15) is 9.90 Å². The van der Waals surface area contributed by atoms with Crippen molar-refractivity contribution in [2.24, 2.45) is 11.8 Å². The molecule has 1 saturated heterocycles. The summed E-state index contributed by atoms with van der Waals surface area (Å²) in [5.74, 6) is 0.105. The van der Waals surface area contributed by atoms with Crippen LogP contribution in [0.15, 0.2) is 54.7 Å². The van der Waals surface area contributed by atoms with Gasteiger partial charge in [-0.2, -0.15) is 0 Å². The summed E-state index contributed by atoms with van der Waals surface area (Å²) in [7, 11) is 1.67. The van der Waals surface area contributed by atoms with Crippen LogP contribution in [0.25, 0.3) is 10.9 Å². The number of rotatable bonds is 10. The molecule has 1 fully saturated rings. The number of halogens is 1. The Morgan fingerprint density at radius 2 is 1.97 bits per heavy atom. The lowest BCUT2D eigenvalue weighted by atomic mass is 9.81. The Hall–Kier alpha value is -2.63. The molecule has 0 saturated carbocycles. The van der Waals surface area contributed by atoms with E-state index in [2.05, 4.69) is 28.1 Å². The molecule has 0 unspecified atom stereocenters. The van der Waals surface area contributed by atoms with Gasteiger partial charge in [-0.25, -0.2) is 0 Å². The van der Waals surface area contributed by atoms with Gasteiger partial charge >= 0.3 is 5.97 Å². The van der Waals surface area contributed by atoms with E-state index < -0.39 is 5.97 Å². The summed E-state index contributed by atoms with van der Waals surface area (Å²) in [6.07, 6.45) is 7.64. The molecule has 1 N–H and O–H groups in total. The number of carboxylic acid groups (broad SMARTS) is 1. The van der Waals surface area contributed by atoms with Crippen molar-refractivity contribution in [1.82, 2.24) is 9.88 Å². The normalized spacial score (nSPS) is 18.8. The molecule has 3 aromatic rings. The van der Waals surface area contributed by atoms with E-state index in [4.69, 9.17) is 16.3 Å². The quantitative estimate of drug-likeness (QED) is 0.393. The van der Waals surface area contributed by atoms with E-state index >= 15 is 0 Å². The second-order valence-electron chi connectivity index (χ2n) is 9.27. The number of pyridine rings is 1. The van der Waals surface area contributed by atoms with Gasteiger partial charge in [0.05, 0.1) is 18.5 Å². The Morgan fingerprint density at radius 1 is 1.15 bits per heavy atom. The van der Waals surface area contributed by atoms with Gasteiger partial charge in [-0.1, -0.05) is 23.7 Å². The first-order valence-corrected chi connectivity index (χ1v) is 12.5. The fourth-order valence-corrected chi connectivity index (χ4v) is 5.26. The monoisotopic (exact) mass is 480 g/mol. The molecule has 0 amide bonds. The van der Waals surface area contributed by atoms with Crippen molar-refractivity contribution in [3.63, 3.8) is 0 Å². The number of ether oxygens (including phenoxy) is 1. The van der Waals surface area contributed by atoms with E-state index in [0.29, 0.717) is 6.54 Å². The molecule has 0 radical (unpaired) electrons. The molecule has 1 aliphatic heterocycles. The predicted octanol–water partition coefficient (Wildman–Crippen LogP) is 5.88. The van der Waals surface area contributed by atoms with E-state index in [1.165, 1.54) is 11.1 Å². The molecule has 6 heteroatoms. The molecule has 5 nitrogen and oxygen atoms in total. The number of benzene rings is 2. The van der Waals surface area contributed by atoms with Crippen molar-refractivity contribution in [2.45, 2.75) is 38.5 Å². The molecular formula is C28H33ClN2O3. The topological polar surface area (TPSA) is 62.7 Å². The zero-order valence-electron chi connectivity index (χ0n) is 19.8. The van der Waals surface area contributed by atoms with Crippen LogP contribution in [0.4, 0.5) is 0 Å². The number of methoxy groups -OCH3 is 1. The highest BCUT2D eigenvalue weighted by Crippen LogP contribution is 2.30. The van der Waals surface area contributed by atoms with Crippen LogP contribution in [0.2, 0.25) is 5.02 Å². The first kappa shape index (κ1) is 24.5. The van der Waals surface area contributed by atoms with Crippen LogP contribution in [-0.4, -0.2) is 47.7 Å². The Morgan fingerprint density at radius 3 is 2.74 bits per heavy atom. The van der Waals surface area contributed by atoms with Crippen LogP contribution < -0.4 is 4.74 Å². The molecule has 4 rings (SSSR count). The lowest BCUT2D eigenvalue weighted by Gasteiger charge is -2.36. The predicted molar refractivity (Wildman–Crippen MR) is 137 cm³/mol. The number of aromatic nitrogens is 1. The maximum Gasteiger partial charge on any atom is 0.308 e. The van der Waals surface area contributed by atoms with Crippen molar-refractivity contribution >= 4 is 28.5 Å². The number of likely N-dealkylation sites (tertiary alicyclic amines) is 1. The number of carboxylic acids is 1. The van der Waals surface area contributed by atoms with Crippen molar-refractivity contribution in [1.29, 1.82) is 0 Å². The number of aliphatic carboxylic acids is 1. The van der Waals surface area contributed by atoms with Crippen LogP contribution in [0, 0.1) is 11.8 Å². The molecule has 0 aliphatic carbocycles. The molecule has 180 valence electrons. The molecule has 2 heterocycles. The van der Waals surface area contributed by atoms with Gasteiger partial charge in [-0.15, -0.1) is 0 Å². The SMILES string of the molecule is COc1ccc2nccc(CCC[C@@H]3CCN(CCCc4ccc(Cl)cc4)C[C@@H]3C(=O)O)c2c1. The second kappa shape index (κ2) is 11.7. The number of fused-ring (bicyclic) bond motifs is 1. The van der Waals surface area contributed by atoms with Gasteiger partial charge in [0, 0.05) is 23.2 Å². The maximum atomic E-state index is 12.1. The zero-order valence-corrected chi connectivity index (χ0v) is 20.5. The summed E-state index contributed by atoms with van der Waals surface area (Å²) in [4.78, 5) is 18.8. The van der Waals surface area contributed by atoms with Crippen molar-refractivity contribution in [3.05, 3.63) is 70.9 Å². The minimum Gasteiger partial charge on any atom is -0.497 e. The van der Waals surface area contributed by atoms with Crippen molar-refractivity contribution < 1.29 is 14.6 Å². The van der Waals surface area contributed by atoms with E-state index in [0.717, 1.165) is 73.3 Å². The molecule has 1 aromatic heterocycles.